The van der Waals surface area contributed by atoms with Crippen molar-refractivity contribution in [3.05, 3.63) is 15.8 Å². The molecule has 0 aliphatic carbocycles. The lowest BCUT2D eigenvalue weighted by molar-refractivity contribution is -0.0207. The largest absolute Gasteiger partial charge is 0.459 e. The fraction of sp³-hybridized carbons (Fsp3) is 0.571. The summed E-state index contributed by atoms with van der Waals surface area (Å²) in [5.41, 5.74) is -0.109. The molecule has 0 saturated heterocycles. The molecule has 0 aliphatic rings. The van der Waals surface area contributed by atoms with E-state index < -0.39 is 28.3 Å². The minimum atomic E-state index is -4.40. The van der Waals surface area contributed by atoms with E-state index in [-0.39, 0.29) is 17.1 Å². The number of hydroxylamine groups is 2. The van der Waals surface area contributed by atoms with Crippen LogP contribution in [0.1, 0.15) is 42.9 Å². The van der Waals surface area contributed by atoms with Gasteiger partial charge in [0.15, 0.2) is 0 Å². The van der Waals surface area contributed by atoms with Gasteiger partial charge >= 0.3 is 22.2 Å². The molecule has 0 unspecified atom stereocenters. The molecule has 0 spiro atoms. The minimum absolute atomic E-state index is 0.0667. The third kappa shape index (κ3) is 4.92. The molecule has 24 heavy (non-hydrogen) atoms. The van der Waals surface area contributed by atoms with Crippen LogP contribution in [0.15, 0.2) is 10.3 Å². The zero-order chi connectivity index (χ0) is 18.5. The second-order valence-corrected chi connectivity index (χ2v) is 7.36. The molecule has 1 aromatic heterocycles. The molecule has 1 aromatic rings. The van der Waals surface area contributed by atoms with Crippen molar-refractivity contribution >= 4 is 33.5 Å². The standard InChI is InChI=1S/C14H21NO7S2/c1-6-11-12(10(8-23-11)13(16)21-9(3)4)24(18,19)22-15(5)14(17)20-7-2/h8-9H,6-7H2,1-5H3. The number of rotatable bonds is 7. The van der Waals surface area contributed by atoms with E-state index in [9.17, 15) is 18.0 Å². The zero-order valence-electron chi connectivity index (χ0n) is 14.2. The van der Waals surface area contributed by atoms with Gasteiger partial charge in [-0.05, 0) is 27.2 Å². The summed E-state index contributed by atoms with van der Waals surface area (Å²) in [6, 6.07) is 0. The Morgan fingerprint density at radius 1 is 1.29 bits per heavy atom. The van der Waals surface area contributed by atoms with Crippen LogP contribution < -0.4 is 0 Å². The van der Waals surface area contributed by atoms with E-state index in [0.29, 0.717) is 16.4 Å². The number of hydrogen-bond acceptors (Lipinski definition) is 8. The second kappa shape index (κ2) is 8.45. The van der Waals surface area contributed by atoms with Crippen molar-refractivity contribution in [3.63, 3.8) is 0 Å². The average molecular weight is 379 g/mol. The van der Waals surface area contributed by atoms with Gasteiger partial charge in [-0.2, -0.15) is 13.5 Å². The predicted octanol–water partition coefficient (Wildman–Crippen LogP) is 2.58. The van der Waals surface area contributed by atoms with Gasteiger partial charge in [0.05, 0.1) is 18.3 Å². The highest BCUT2D eigenvalue weighted by Crippen LogP contribution is 2.30. The molecule has 0 fully saturated rings. The van der Waals surface area contributed by atoms with Crippen LogP contribution in [0.5, 0.6) is 0 Å². The Bertz CT molecular complexity index is 694. The van der Waals surface area contributed by atoms with Gasteiger partial charge < -0.3 is 9.47 Å². The van der Waals surface area contributed by atoms with Gasteiger partial charge in [-0.3, -0.25) is 0 Å². The van der Waals surface area contributed by atoms with E-state index in [1.54, 1.807) is 27.7 Å². The normalized spacial score (nSPS) is 11.4. The molecule has 0 radical (unpaired) electrons. The maximum atomic E-state index is 12.5. The van der Waals surface area contributed by atoms with Gasteiger partial charge in [0.1, 0.15) is 4.90 Å². The third-order valence-corrected chi connectivity index (χ3v) is 5.33. The molecule has 0 saturated carbocycles. The van der Waals surface area contributed by atoms with E-state index in [0.717, 1.165) is 18.4 Å². The molecule has 0 atom stereocenters. The van der Waals surface area contributed by atoms with Crippen molar-refractivity contribution in [3.8, 4) is 0 Å². The fourth-order valence-corrected chi connectivity index (χ4v) is 4.40. The summed E-state index contributed by atoms with van der Waals surface area (Å²) in [4.78, 5) is 23.8. The number of thiophene rings is 1. The van der Waals surface area contributed by atoms with E-state index in [4.69, 9.17) is 9.02 Å². The number of carbonyl (C=O) groups excluding carboxylic acids is 2. The van der Waals surface area contributed by atoms with Crippen molar-refractivity contribution in [1.29, 1.82) is 0 Å². The smallest absolute Gasteiger partial charge is 0.434 e. The first-order valence-electron chi connectivity index (χ1n) is 7.30. The molecule has 1 rings (SSSR count). The first kappa shape index (κ1) is 20.4. The van der Waals surface area contributed by atoms with Crippen molar-refractivity contribution in [2.75, 3.05) is 13.7 Å². The number of nitrogens with zero attached hydrogens (tertiary/aromatic N) is 1. The van der Waals surface area contributed by atoms with Gasteiger partial charge in [-0.25, -0.2) is 9.59 Å². The Morgan fingerprint density at radius 3 is 2.42 bits per heavy atom. The highest BCUT2D eigenvalue weighted by atomic mass is 32.2. The molecular formula is C14H21NO7S2. The first-order valence-corrected chi connectivity index (χ1v) is 9.59. The van der Waals surface area contributed by atoms with E-state index >= 15 is 0 Å². The van der Waals surface area contributed by atoms with Gasteiger partial charge in [0.25, 0.3) is 0 Å². The van der Waals surface area contributed by atoms with Gasteiger partial charge in [0, 0.05) is 17.3 Å². The van der Waals surface area contributed by atoms with Crippen LogP contribution >= 0.6 is 11.3 Å². The summed E-state index contributed by atoms with van der Waals surface area (Å²) in [6.07, 6.45) is -0.984. The molecule has 0 bridgehead atoms. The number of carbonyl (C=O) groups is 2. The molecule has 8 nitrogen and oxygen atoms in total. The van der Waals surface area contributed by atoms with Crippen molar-refractivity contribution in [2.45, 2.75) is 45.1 Å². The Labute approximate surface area is 145 Å². The topological polar surface area (TPSA) is 99.2 Å². The molecule has 0 aliphatic heterocycles. The van der Waals surface area contributed by atoms with Gasteiger partial charge in [-0.15, -0.1) is 15.6 Å². The lowest BCUT2D eigenvalue weighted by Crippen LogP contribution is -2.31. The number of ether oxygens (including phenoxy) is 2. The highest BCUT2D eigenvalue weighted by molar-refractivity contribution is 7.87. The van der Waals surface area contributed by atoms with Crippen LogP contribution in [0.2, 0.25) is 0 Å². The summed E-state index contributed by atoms with van der Waals surface area (Å²) in [7, 11) is -3.29. The van der Waals surface area contributed by atoms with Crippen molar-refractivity contribution in [1.82, 2.24) is 5.06 Å². The molecule has 10 heteroatoms. The molecular weight excluding hydrogens is 358 g/mol. The SMILES string of the molecule is CCOC(=O)N(C)OS(=O)(=O)c1c(C(=O)OC(C)C)csc1CC. The van der Waals surface area contributed by atoms with E-state index in [1.807, 2.05) is 0 Å². The Kier molecular flexibility index (Phi) is 7.18. The number of hydrogen-bond donors (Lipinski definition) is 0. The van der Waals surface area contributed by atoms with E-state index in [1.165, 1.54) is 5.38 Å². The summed E-state index contributed by atoms with van der Waals surface area (Å²) in [5, 5.41) is 1.87. The lowest BCUT2D eigenvalue weighted by atomic mass is 10.3. The van der Waals surface area contributed by atoms with Gasteiger partial charge in [-0.1, -0.05) is 6.92 Å². The molecule has 1 heterocycles. The Hall–Kier alpha value is -1.65. The van der Waals surface area contributed by atoms with Crippen LogP contribution in [-0.2, 0) is 30.3 Å². The molecule has 1 amide bonds. The lowest BCUT2D eigenvalue weighted by Gasteiger charge is -2.16. The molecule has 0 N–H and O–H groups in total. The molecule has 0 aromatic carbocycles. The third-order valence-electron chi connectivity index (χ3n) is 2.69. The predicted molar refractivity (Wildman–Crippen MR) is 87.3 cm³/mol. The van der Waals surface area contributed by atoms with Crippen molar-refractivity contribution in [2.24, 2.45) is 0 Å². The Balaban J connectivity index is 3.20. The number of aryl methyl sites for hydroxylation is 1. The Morgan fingerprint density at radius 2 is 1.92 bits per heavy atom. The van der Waals surface area contributed by atoms with Crippen LogP contribution in [0.25, 0.3) is 0 Å². The summed E-state index contributed by atoms with van der Waals surface area (Å²) in [6.45, 7) is 6.71. The zero-order valence-corrected chi connectivity index (χ0v) is 15.8. The maximum absolute atomic E-state index is 12.5. The summed E-state index contributed by atoms with van der Waals surface area (Å²) >= 11 is 1.11. The van der Waals surface area contributed by atoms with Crippen LogP contribution in [0, 0.1) is 0 Å². The number of amides is 1. The summed E-state index contributed by atoms with van der Waals surface area (Å²) < 4.78 is 39.6. The maximum Gasteiger partial charge on any atom is 0.434 e. The van der Waals surface area contributed by atoms with Gasteiger partial charge in [0.2, 0.25) is 0 Å². The van der Waals surface area contributed by atoms with Crippen LogP contribution in [-0.4, -0.2) is 45.3 Å². The average Bonchev–Trinajstić information content (AvgIpc) is 2.91. The summed E-state index contributed by atoms with van der Waals surface area (Å²) in [5.74, 6) is -0.762. The minimum Gasteiger partial charge on any atom is -0.459 e. The van der Waals surface area contributed by atoms with Crippen LogP contribution in [0.3, 0.4) is 0 Å². The van der Waals surface area contributed by atoms with Crippen LogP contribution in [0.4, 0.5) is 4.79 Å². The van der Waals surface area contributed by atoms with E-state index in [2.05, 4.69) is 4.74 Å². The monoisotopic (exact) mass is 379 g/mol. The quantitative estimate of drug-likeness (QED) is 0.530. The number of esters is 1. The first-order chi connectivity index (χ1) is 11.1. The second-order valence-electron chi connectivity index (χ2n) is 4.93. The fourth-order valence-electron chi connectivity index (χ4n) is 1.75. The molecule has 136 valence electrons. The highest BCUT2D eigenvalue weighted by Gasteiger charge is 2.32. The van der Waals surface area contributed by atoms with Crippen molar-refractivity contribution < 1.29 is 31.8 Å².